The maximum absolute atomic E-state index is 9.99. The molecule has 4 atom stereocenters. The van der Waals surface area contributed by atoms with Crippen LogP contribution in [0.3, 0.4) is 0 Å². The van der Waals surface area contributed by atoms with Gasteiger partial charge in [-0.05, 0) is 25.7 Å². The van der Waals surface area contributed by atoms with Gasteiger partial charge >= 0.3 is 0 Å². The molecule has 1 rings (SSSR count). The highest BCUT2D eigenvalue weighted by molar-refractivity contribution is 4.87. The van der Waals surface area contributed by atoms with Crippen LogP contribution in [0, 0.1) is 0 Å². The Hall–Kier alpha value is -0.460. The van der Waals surface area contributed by atoms with Gasteiger partial charge in [-0.25, -0.2) is 0 Å². The molecule has 0 radical (unpaired) electrons. The summed E-state index contributed by atoms with van der Waals surface area (Å²) in [6, 6.07) is 0. The highest BCUT2D eigenvalue weighted by Crippen LogP contribution is 2.18. The summed E-state index contributed by atoms with van der Waals surface area (Å²) in [7, 11) is 0. The third kappa shape index (κ3) is 12.7. The van der Waals surface area contributed by atoms with Gasteiger partial charge in [0.2, 0.25) is 0 Å². The molecule has 29 heavy (non-hydrogen) atoms. The quantitative estimate of drug-likeness (QED) is 0.227. The minimum Gasteiger partial charge on any atom is -0.394 e. The summed E-state index contributed by atoms with van der Waals surface area (Å²) in [5, 5.41) is 28.9. The van der Waals surface area contributed by atoms with E-state index >= 15 is 0 Å². The molecule has 0 aromatic carbocycles. The fraction of sp³-hybridized carbons (Fsp3) is 0.917. The molecule has 1 fully saturated rings. The average molecular weight is 415 g/mol. The van der Waals surface area contributed by atoms with Crippen molar-refractivity contribution in [3.05, 3.63) is 12.2 Å². The number of aliphatic hydroxyl groups is 3. The first-order valence-corrected chi connectivity index (χ1v) is 12.1. The van der Waals surface area contributed by atoms with Gasteiger partial charge in [-0.2, -0.15) is 0 Å². The Bertz CT molecular complexity index is 387. The van der Waals surface area contributed by atoms with Crippen LogP contribution < -0.4 is 0 Å². The van der Waals surface area contributed by atoms with Crippen LogP contribution in [0.15, 0.2) is 12.2 Å². The fourth-order valence-corrected chi connectivity index (χ4v) is 3.76. The van der Waals surface area contributed by atoms with Crippen molar-refractivity contribution in [1.29, 1.82) is 0 Å². The average Bonchev–Trinajstić information content (AvgIpc) is 2.73. The first-order chi connectivity index (χ1) is 14.2. The second-order valence-corrected chi connectivity index (χ2v) is 8.38. The Kier molecular flexibility index (Phi) is 16.8. The van der Waals surface area contributed by atoms with Gasteiger partial charge < -0.3 is 24.8 Å². The predicted octanol–water partition coefficient (Wildman–Crippen LogP) is 4.52. The lowest BCUT2D eigenvalue weighted by Gasteiger charge is -2.36. The van der Waals surface area contributed by atoms with Crippen LogP contribution in [0.2, 0.25) is 0 Å². The van der Waals surface area contributed by atoms with E-state index in [0.29, 0.717) is 6.61 Å². The molecule has 0 amide bonds. The van der Waals surface area contributed by atoms with Gasteiger partial charge in [0.15, 0.2) is 0 Å². The lowest BCUT2D eigenvalue weighted by molar-refractivity contribution is -0.208. The van der Waals surface area contributed by atoms with Crippen molar-refractivity contribution < 1.29 is 24.8 Å². The topological polar surface area (TPSA) is 79.2 Å². The van der Waals surface area contributed by atoms with Gasteiger partial charge in [0, 0.05) is 6.61 Å². The van der Waals surface area contributed by atoms with E-state index in [1.165, 1.54) is 70.6 Å². The summed E-state index contributed by atoms with van der Waals surface area (Å²) >= 11 is 0. The molecule has 0 spiro atoms. The van der Waals surface area contributed by atoms with Crippen molar-refractivity contribution in [3.8, 4) is 0 Å². The zero-order valence-electron chi connectivity index (χ0n) is 18.6. The van der Waals surface area contributed by atoms with Crippen molar-refractivity contribution in [3.63, 3.8) is 0 Å². The van der Waals surface area contributed by atoms with E-state index in [1.54, 1.807) is 0 Å². The monoisotopic (exact) mass is 414 g/mol. The third-order valence-electron chi connectivity index (χ3n) is 5.75. The highest BCUT2D eigenvalue weighted by atomic mass is 16.6. The number of ether oxygens (including phenoxy) is 2. The van der Waals surface area contributed by atoms with Gasteiger partial charge in [0.05, 0.1) is 13.2 Å². The minimum absolute atomic E-state index is 0.206. The molecule has 0 unspecified atom stereocenters. The molecule has 5 nitrogen and oxygen atoms in total. The Morgan fingerprint density at radius 1 is 0.793 bits per heavy atom. The number of rotatable bonds is 18. The summed E-state index contributed by atoms with van der Waals surface area (Å²) in [5.74, 6) is 0. The second kappa shape index (κ2) is 18.3. The molecule has 0 aromatic rings. The van der Waals surface area contributed by atoms with Gasteiger partial charge in [-0.3, -0.25) is 0 Å². The SMILES string of the molecule is CCCCCCCCCCCCC/C=C/CCCO[C@@H]1CO[C@@H](CO)[C@H](O)[C@H]1O. The first kappa shape index (κ1) is 26.6. The molecule has 1 heterocycles. The zero-order chi connectivity index (χ0) is 21.2. The van der Waals surface area contributed by atoms with E-state index in [-0.39, 0.29) is 13.2 Å². The second-order valence-electron chi connectivity index (χ2n) is 8.38. The number of hydrogen-bond acceptors (Lipinski definition) is 5. The van der Waals surface area contributed by atoms with Crippen molar-refractivity contribution in [2.24, 2.45) is 0 Å². The molecule has 3 N–H and O–H groups in total. The summed E-state index contributed by atoms with van der Waals surface area (Å²) in [4.78, 5) is 0. The van der Waals surface area contributed by atoms with Crippen LogP contribution in [-0.2, 0) is 9.47 Å². The Labute approximate surface area is 178 Å². The Morgan fingerprint density at radius 2 is 1.34 bits per heavy atom. The number of unbranched alkanes of at least 4 members (excludes halogenated alkanes) is 12. The summed E-state index contributed by atoms with van der Waals surface area (Å²) in [6.45, 7) is 2.71. The van der Waals surface area contributed by atoms with Crippen LogP contribution in [0.1, 0.15) is 96.8 Å². The van der Waals surface area contributed by atoms with Gasteiger partial charge in [0.1, 0.15) is 24.4 Å². The smallest absolute Gasteiger partial charge is 0.111 e. The van der Waals surface area contributed by atoms with Crippen LogP contribution >= 0.6 is 0 Å². The van der Waals surface area contributed by atoms with Crippen LogP contribution in [-0.4, -0.2) is 59.6 Å². The largest absolute Gasteiger partial charge is 0.394 e. The normalized spacial score (nSPS) is 25.1. The maximum atomic E-state index is 9.99. The summed E-state index contributed by atoms with van der Waals surface area (Å²) in [6.07, 6.45) is 19.3. The predicted molar refractivity (Wildman–Crippen MR) is 118 cm³/mol. The standard InChI is InChI=1S/C24H46O5/c1-2-3-4-5-6-7-8-9-10-11-12-13-14-15-16-17-18-28-22-20-29-21(19-25)23(26)24(22)27/h14-15,21-27H,2-13,16-20H2,1H3/b15-14+/t21-,22+,23-,24-/m0/s1. The summed E-state index contributed by atoms with van der Waals surface area (Å²) < 4.78 is 10.9. The molecule has 0 saturated carbocycles. The van der Waals surface area contributed by atoms with Crippen LogP contribution in [0.5, 0.6) is 0 Å². The van der Waals surface area contributed by atoms with E-state index in [0.717, 1.165) is 19.3 Å². The molecule has 172 valence electrons. The molecule has 0 aliphatic carbocycles. The zero-order valence-corrected chi connectivity index (χ0v) is 18.6. The van der Waals surface area contributed by atoms with E-state index in [9.17, 15) is 10.2 Å². The molecular weight excluding hydrogens is 368 g/mol. The molecule has 0 aromatic heterocycles. The molecule has 0 bridgehead atoms. The van der Waals surface area contributed by atoms with Crippen LogP contribution in [0.25, 0.3) is 0 Å². The highest BCUT2D eigenvalue weighted by Gasteiger charge is 2.38. The minimum atomic E-state index is -1.09. The third-order valence-corrected chi connectivity index (χ3v) is 5.75. The van der Waals surface area contributed by atoms with E-state index in [4.69, 9.17) is 14.6 Å². The molecule has 1 aliphatic rings. The van der Waals surface area contributed by atoms with Gasteiger partial charge in [-0.15, -0.1) is 0 Å². The van der Waals surface area contributed by atoms with Crippen molar-refractivity contribution in [2.45, 2.75) is 121 Å². The maximum Gasteiger partial charge on any atom is 0.111 e. The molecule has 1 aliphatic heterocycles. The van der Waals surface area contributed by atoms with Crippen molar-refractivity contribution >= 4 is 0 Å². The Balaban J connectivity index is 1.85. The Morgan fingerprint density at radius 3 is 1.93 bits per heavy atom. The van der Waals surface area contributed by atoms with Crippen LogP contribution in [0.4, 0.5) is 0 Å². The van der Waals surface area contributed by atoms with E-state index in [2.05, 4.69) is 19.1 Å². The van der Waals surface area contributed by atoms with Gasteiger partial charge in [-0.1, -0.05) is 83.3 Å². The number of aliphatic hydroxyl groups excluding tert-OH is 3. The van der Waals surface area contributed by atoms with Crippen molar-refractivity contribution in [2.75, 3.05) is 19.8 Å². The van der Waals surface area contributed by atoms with E-state index < -0.39 is 24.4 Å². The lowest BCUT2D eigenvalue weighted by Crippen LogP contribution is -2.55. The van der Waals surface area contributed by atoms with Crippen molar-refractivity contribution in [1.82, 2.24) is 0 Å². The molecule has 1 saturated heterocycles. The summed E-state index contributed by atoms with van der Waals surface area (Å²) in [5.41, 5.74) is 0. The first-order valence-electron chi connectivity index (χ1n) is 12.1. The lowest BCUT2D eigenvalue weighted by atomic mass is 10.0. The number of allylic oxidation sites excluding steroid dienone is 2. The van der Waals surface area contributed by atoms with Gasteiger partial charge in [0.25, 0.3) is 0 Å². The molecule has 5 heteroatoms. The fourth-order valence-electron chi connectivity index (χ4n) is 3.76. The number of hydrogen-bond donors (Lipinski definition) is 3. The van der Waals surface area contributed by atoms with E-state index in [1.807, 2.05) is 0 Å². The molecular formula is C24H46O5.